The van der Waals surface area contributed by atoms with Gasteiger partial charge < -0.3 is 14.2 Å². The maximum Gasteiger partial charge on any atom is 0.422 e. The Kier molecular flexibility index (Phi) is 8.11. The van der Waals surface area contributed by atoms with Gasteiger partial charge in [0.05, 0.1) is 24.6 Å². The van der Waals surface area contributed by atoms with Crippen LogP contribution in [0.5, 0.6) is 17.2 Å². The first kappa shape index (κ1) is 27.3. The summed E-state index contributed by atoms with van der Waals surface area (Å²) in [4.78, 5) is 16.6. The van der Waals surface area contributed by atoms with Crippen LogP contribution in [0.4, 0.5) is 13.2 Å². The van der Waals surface area contributed by atoms with Crippen molar-refractivity contribution in [2.24, 2.45) is 5.10 Å². The zero-order valence-electron chi connectivity index (χ0n) is 20.9. The van der Waals surface area contributed by atoms with E-state index in [1.165, 1.54) is 31.3 Å². The summed E-state index contributed by atoms with van der Waals surface area (Å²) in [6.45, 7) is 1.66. The minimum Gasteiger partial charge on any atom is -0.493 e. The summed E-state index contributed by atoms with van der Waals surface area (Å²) >= 11 is 6.00. The number of hydrogen-bond acceptors (Lipinski definition) is 6. The number of halogens is 4. The Morgan fingerprint density at radius 1 is 1.08 bits per heavy atom. The molecule has 3 aromatic rings. The minimum atomic E-state index is -4.45. The highest BCUT2D eigenvalue weighted by Crippen LogP contribution is 2.38. The normalized spacial score (nSPS) is 15.3. The number of amides is 1. The Balaban J connectivity index is 1.51. The second-order valence-corrected chi connectivity index (χ2v) is 9.06. The molecule has 0 saturated carbocycles. The van der Waals surface area contributed by atoms with E-state index in [9.17, 15) is 18.0 Å². The third-order valence-corrected chi connectivity index (χ3v) is 6.25. The summed E-state index contributed by atoms with van der Waals surface area (Å²) in [5, 5.41) is 6.60. The number of carbonyl (C=O) groups excluding carboxylic acids is 1. The van der Waals surface area contributed by atoms with Crippen molar-refractivity contribution in [1.82, 2.24) is 9.99 Å². The van der Waals surface area contributed by atoms with E-state index in [0.29, 0.717) is 34.2 Å². The summed E-state index contributed by atoms with van der Waals surface area (Å²) in [5.74, 6) is 0.714. The quantitative estimate of drug-likeness (QED) is 0.332. The number of rotatable bonds is 8. The van der Waals surface area contributed by atoms with Crippen LogP contribution < -0.4 is 14.2 Å². The molecule has 0 bridgehead atoms. The Bertz CT molecular complexity index is 1350. The second-order valence-electron chi connectivity index (χ2n) is 8.62. The molecule has 0 N–H and O–H groups in total. The standard InChI is InChI=1S/C27H25ClF3N3O4/c1-16-22(32-11-10-24(16)38-15-27(29,30)31)14-37-25-9-6-19(12-26(25)36-3)23-13-21(33-34(23)17(2)35)18-4-7-20(28)8-5-18/h4-12,23H,13-15H2,1-3H3. The van der Waals surface area contributed by atoms with Crippen LogP contribution in [0.25, 0.3) is 0 Å². The molecule has 1 aromatic heterocycles. The number of benzene rings is 2. The highest BCUT2D eigenvalue weighted by atomic mass is 35.5. The molecule has 0 spiro atoms. The van der Waals surface area contributed by atoms with Gasteiger partial charge in [0, 0.05) is 30.1 Å². The van der Waals surface area contributed by atoms with Gasteiger partial charge in [0.15, 0.2) is 18.1 Å². The smallest absolute Gasteiger partial charge is 0.422 e. The fourth-order valence-electron chi connectivity index (χ4n) is 4.05. The van der Waals surface area contributed by atoms with Crippen LogP contribution in [0, 0.1) is 6.92 Å². The van der Waals surface area contributed by atoms with Gasteiger partial charge in [-0.05, 0) is 48.4 Å². The molecule has 0 saturated heterocycles. The van der Waals surface area contributed by atoms with Gasteiger partial charge in [-0.25, -0.2) is 5.01 Å². The molecule has 0 radical (unpaired) electrons. The van der Waals surface area contributed by atoms with Crippen molar-refractivity contribution >= 4 is 23.2 Å². The summed E-state index contributed by atoms with van der Waals surface area (Å²) in [7, 11) is 1.49. The van der Waals surface area contributed by atoms with Gasteiger partial charge in [-0.1, -0.05) is 29.8 Å². The first-order valence-electron chi connectivity index (χ1n) is 11.6. The topological polar surface area (TPSA) is 73.2 Å². The van der Waals surface area contributed by atoms with E-state index in [0.717, 1.165) is 16.8 Å². The zero-order valence-corrected chi connectivity index (χ0v) is 21.6. The summed E-state index contributed by atoms with van der Waals surface area (Å²) < 4.78 is 54.0. The molecule has 0 fully saturated rings. The lowest BCUT2D eigenvalue weighted by Crippen LogP contribution is -2.24. The number of nitrogens with zero attached hydrogens (tertiary/aromatic N) is 3. The molecule has 7 nitrogen and oxygen atoms in total. The minimum absolute atomic E-state index is 0.0163. The van der Waals surface area contributed by atoms with Gasteiger partial charge in [-0.15, -0.1) is 0 Å². The molecule has 0 aliphatic carbocycles. The van der Waals surface area contributed by atoms with Crippen LogP contribution in [-0.4, -0.2) is 41.5 Å². The number of aromatic nitrogens is 1. The number of alkyl halides is 3. The highest BCUT2D eigenvalue weighted by molar-refractivity contribution is 6.30. The Morgan fingerprint density at radius 3 is 2.47 bits per heavy atom. The molecule has 1 atom stereocenters. The molecule has 38 heavy (non-hydrogen) atoms. The Morgan fingerprint density at radius 2 is 1.82 bits per heavy atom. The van der Waals surface area contributed by atoms with Crippen LogP contribution in [0.2, 0.25) is 5.02 Å². The fraction of sp³-hybridized carbons (Fsp3) is 0.296. The molecule has 1 aliphatic heterocycles. The van der Waals surface area contributed by atoms with Crippen molar-refractivity contribution < 1.29 is 32.2 Å². The van der Waals surface area contributed by atoms with Crippen molar-refractivity contribution in [3.63, 3.8) is 0 Å². The summed E-state index contributed by atoms with van der Waals surface area (Å²) in [6, 6.07) is 13.6. The molecular formula is C27H25ClF3N3O4. The van der Waals surface area contributed by atoms with Gasteiger partial charge in [-0.2, -0.15) is 18.3 Å². The van der Waals surface area contributed by atoms with Crippen molar-refractivity contribution in [2.75, 3.05) is 13.7 Å². The van der Waals surface area contributed by atoms with Gasteiger partial charge in [0.1, 0.15) is 12.4 Å². The van der Waals surface area contributed by atoms with Crippen LogP contribution in [0.15, 0.2) is 59.8 Å². The number of pyridine rings is 1. The first-order valence-corrected chi connectivity index (χ1v) is 12.0. The van der Waals surface area contributed by atoms with Crippen LogP contribution in [0.3, 0.4) is 0 Å². The molecule has 1 unspecified atom stereocenters. The van der Waals surface area contributed by atoms with E-state index in [2.05, 4.69) is 10.1 Å². The first-order chi connectivity index (χ1) is 18.1. The molecule has 4 rings (SSSR count). The third-order valence-electron chi connectivity index (χ3n) is 6.00. The molecule has 2 heterocycles. The lowest BCUT2D eigenvalue weighted by atomic mass is 9.98. The van der Waals surface area contributed by atoms with E-state index in [4.69, 9.17) is 25.8 Å². The average Bonchev–Trinajstić information content (AvgIpc) is 3.33. The van der Waals surface area contributed by atoms with Gasteiger partial charge in [0.25, 0.3) is 0 Å². The number of ether oxygens (including phenoxy) is 3. The zero-order chi connectivity index (χ0) is 27.4. The lowest BCUT2D eigenvalue weighted by molar-refractivity contribution is -0.153. The van der Waals surface area contributed by atoms with Crippen molar-refractivity contribution in [1.29, 1.82) is 0 Å². The van der Waals surface area contributed by atoms with E-state index in [1.54, 1.807) is 31.2 Å². The number of carbonyl (C=O) groups is 1. The Labute approximate surface area is 222 Å². The second kappa shape index (κ2) is 11.3. The summed E-state index contributed by atoms with van der Waals surface area (Å²) in [5.41, 5.74) is 3.31. The van der Waals surface area contributed by atoms with Crippen molar-refractivity contribution in [3.8, 4) is 17.2 Å². The molecule has 200 valence electrons. The highest BCUT2D eigenvalue weighted by Gasteiger charge is 2.32. The maximum absolute atomic E-state index is 12.5. The molecule has 2 aromatic carbocycles. The van der Waals surface area contributed by atoms with E-state index in [-0.39, 0.29) is 24.3 Å². The van der Waals surface area contributed by atoms with Crippen molar-refractivity contribution in [3.05, 3.63) is 82.1 Å². The number of hydrazone groups is 1. The third kappa shape index (κ3) is 6.36. The number of hydrogen-bond donors (Lipinski definition) is 0. The fourth-order valence-corrected chi connectivity index (χ4v) is 4.18. The SMILES string of the molecule is COc1cc(C2CC(c3ccc(Cl)cc3)=NN2C(C)=O)ccc1OCc1nccc(OCC(F)(F)F)c1C. The predicted octanol–water partition coefficient (Wildman–Crippen LogP) is 6.27. The van der Waals surface area contributed by atoms with Gasteiger partial charge in [-0.3, -0.25) is 9.78 Å². The molecular weight excluding hydrogens is 523 g/mol. The average molecular weight is 548 g/mol. The summed E-state index contributed by atoms with van der Waals surface area (Å²) in [6.07, 6.45) is -2.58. The maximum atomic E-state index is 12.5. The molecule has 1 amide bonds. The monoisotopic (exact) mass is 547 g/mol. The van der Waals surface area contributed by atoms with Crippen LogP contribution >= 0.6 is 11.6 Å². The molecule has 1 aliphatic rings. The number of methoxy groups -OCH3 is 1. The largest absolute Gasteiger partial charge is 0.493 e. The predicted molar refractivity (Wildman–Crippen MR) is 136 cm³/mol. The Hall–Kier alpha value is -3.79. The van der Waals surface area contributed by atoms with E-state index < -0.39 is 12.8 Å². The van der Waals surface area contributed by atoms with Gasteiger partial charge >= 0.3 is 6.18 Å². The van der Waals surface area contributed by atoms with Crippen LogP contribution in [-0.2, 0) is 11.4 Å². The van der Waals surface area contributed by atoms with E-state index >= 15 is 0 Å². The van der Waals surface area contributed by atoms with E-state index in [1.807, 2.05) is 18.2 Å². The lowest BCUT2D eigenvalue weighted by Gasteiger charge is -2.22. The van der Waals surface area contributed by atoms with Gasteiger partial charge in [0.2, 0.25) is 5.91 Å². The molecule has 11 heteroatoms. The van der Waals surface area contributed by atoms with Crippen LogP contribution in [0.1, 0.15) is 41.8 Å². The van der Waals surface area contributed by atoms with Crippen molar-refractivity contribution in [2.45, 2.75) is 39.1 Å².